The van der Waals surface area contributed by atoms with E-state index >= 15 is 0 Å². The van der Waals surface area contributed by atoms with Crippen LogP contribution in [-0.4, -0.2) is 19.4 Å². The van der Waals surface area contributed by atoms with Crippen LogP contribution in [0.15, 0.2) is 16.6 Å². The minimum atomic E-state index is -6.11. The summed E-state index contributed by atoms with van der Waals surface area (Å²) in [4.78, 5) is 0. The van der Waals surface area contributed by atoms with Gasteiger partial charge in [0.25, 0.3) is 0 Å². The van der Waals surface area contributed by atoms with Gasteiger partial charge in [-0.15, -0.1) is 0 Å². The van der Waals surface area contributed by atoms with Crippen LogP contribution in [0.5, 0.6) is 0 Å². The normalized spacial score (nSPS) is 13.5. The lowest BCUT2D eigenvalue weighted by molar-refractivity contribution is -0.348. The van der Waals surface area contributed by atoms with Gasteiger partial charge in [0.15, 0.2) is 0 Å². The highest BCUT2D eigenvalue weighted by atomic mass is 79.9. The first kappa shape index (κ1) is 17.1. The molecular weight excluding hydrogens is 359 g/mol. The predicted molar refractivity (Wildman–Crippen MR) is 63.3 cm³/mol. The minimum Gasteiger partial charge on any atom is -0.387 e. The number of benzene rings is 1. The zero-order chi connectivity index (χ0) is 15.9. The fraction of sp³-hybridized carbons (Fsp3) is 0.455. The molecule has 0 fully saturated rings. The largest absolute Gasteiger partial charge is 0.435 e. The van der Waals surface area contributed by atoms with Crippen LogP contribution in [-0.2, 0) is 5.67 Å². The molecule has 1 N–H and O–H groups in total. The molecule has 9 heteroatoms. The fourth-order valence-electron chi connectivity index (χ4n) is 1.75. The summed E-state index contributed by atoms with van der Waals surface area (Å²) in [5.41, 5.74) is -6.60. The topological polar surface area (TPSA) is 12.0 Å². The maximum absolute atomic E-state index is 13.8. The van der Waals surface area contributed by atoms with Gasteiger partial charge in [-0.3, -0.25) is 0 Å². The van der Waals surface area contributed by atoms with Crippen molar-refractivity contribution in [2.75, 3.05) is 12.4 Å². The number of nitrogens with one attached hydrogen (secondary N) is 1. The van der Waals surface area contributed by atoms with E-state index in [-0.39, 0.29) is 15.7 Å². The lowest BCUT2D eigenvalue weighted by Crippen LogP contribution is -2.50. The molecule has 20 heavy (non-hydrogen) atoms. The number of alkyl halides is 7. The molecule has 1 rings (SSSR count). The second-order valence-electron chi connectivity index (χ2n) is 4.05. The van der Waals surface area contributed by atoms with Crippen LogP contribution in [0, 0.1) is 6.92 Å². The van der Waals surface area contributed by atoms with Crippen LogP contribution < -0.4 is 5.32 Å². The maximum Gasteiger partial charge on any atom is 0.435 e. The maximum atomic E-state index is 13.8. The molecule has 114 valence electrons. The standard InChI is InChI=1S/C11H9BrF7N/c1-5-3-6(4-7(12)8(5)20-2)9(13,10(14,15)16)11(17,18)19/h3-4,20H,1-2H3. The number of rotatable bonds is 2. The van der Waals surface area contributed by atoms with Crippen LogP contribution in [0.25, 0.3) is 0 Å². The van der Waals surface area contributed by atoms with Gasteiger partial charge in [-0.25, -0.2) is 4.39 Å². The summed E-state index contributed by atoms with van der Waals surface area (Å²) in [6, 6.07) is 0.997. The van der Waals surface area contributed by atoms with E-state index in [1.807, 2.05) is 0 Å². The lowest BCUT2D eigenvalue weighted by atomic mass is 9.92. The van der Waals surface area contributed by atoms with Gasteiger partial charge >= 0.3 is 18.0 Å². The number of aryl methyl sites for hydroxylation is 1. The van der Waals surface area contributed by atoms with Gasteiger partial charge in [-0.05, 0) is 34.5 Å². The van der Waals surface area contributed by atoms with E-state index in [2.05, 4.69) is 21.2 Å². The van der Waals surface area contributed by atoms with Crippen LogP contribution >= 0.6 is 15.9 Å². The third-order valence-corrected chi connectivity index (χ3v) is 3.34. The molecule has 0 atom stereocenters. The third-order valence-electron chi connectivity index (χ3n) is 2.72. The van der Waals surface area contributed by atoms with E-state index in [4.69, 9.17) is 0 Å². The smallest absolute Gasteiger partial charge is 0.387 e. The summed E-state index contributed by atoms with van der Waals surface area (Å²) in [5.74, 6) is 0. The van der Waals surface area contributed by atoms with Crippen molar-refractivity contribution in [2.45, 2.75) is 24.9 Å². The van der Waals surface area contributed by atoms with E-state index in [1.54, 1.807) is 0 Å². The zero-order valence-corrected chi connectivity index (χ0v) is 11.8. The van der Waals surface area contributed by atoms with Crippen LogP contribution in [0.2, 0.25) is 0 Å². The average molecular weight is 368 g/mol. The van der Waals surface area contributed by atoms with Gasteiger partial charge in [-0.1, -0.05) is 6.07 Å². The molecule has 1 aromatic rings. The molecule has 1 aromatic carbocycles. The van der Waals surface area contributed by atoms with Crippen molar-refractivity contribution in [3.05, 3.63) is 27.7 Å². The van der Waals surface area contributed by atoms with Crippen LogP contribution in [0.4, 0.5) is 36.4 Å². The molecule has 0 saturated heterocycles. The second kappa shape index (κ2) is 5.09. The van der Waals surface area contributed by atoms with Crippen molar-refractivity contribution in [1.82, 2.24) is 0 Å². The van der Waals surface area contributed by atoms with Crippen molar-refractivity contribution in [1.29, 1.82) is 0 Å². The van der Waals surface area contributed by atoms with Crippen molar-refractivity contribution in [2.24, 2.45) is 0 Å². The Morgan fingerprint density at radius 3 is 1.70 bits per heavy atom. The van der Waals surface area contributed by atoms with E-state index < -0.39 is 23.6 Å². The Morgan fingerprint density at radius 2 is 1.40 bits per heavy atom. The Bertz CT molecular complexity index is 469. The first-order chi connectivity index (χ1) is 8.86. The van der Waals surface area contributed by atoms with E-state index in [9.17, 15) is 30.7 Å². The van der Waals surface area contributed by atoms with E-state index in [0.717, 1.165) is 0 Å². The molecule has 1 nitrogen and oxygen atoms in total. The Labute approximate surface area is 118 Å². The summed E-state index contributed by atoms with van der Waals surface area (Å²) in [7, 11) is 1.43. The summed E-state index contributed by atoms with van der Waals surface area (Å²) in [6.07, 6.45) is -12.2. The van der Waals surface area contributed by atoms with Gasteiger partial charge in [-0.2, -0.15) is 26.3 Å². The molecule has 0 bridgehead atoms. The highest BCUT2D eigenvalue weighted by molar-refractivity contribution is 9.10. The summed E-state index contributed by atoms with van der Waals surface area (Å²) >= 11 is 2.82. The van der Waals surface area contributed by atoms with Gasteiger partial charge in [0.1, 0.15) is 0 Å². The molecule has 0 spiro atoms. The summed E-state index contributed by atoms with van der Waals surface area (Å²) in [6.45, 7) is 1.27. The molecule has 0 heterocycles. The molecule has 0 aromatic heterocycles. The first-order valence-corrected chi connectivity index (χ1v) is 5.96. The van der Waals surface area contributed by atoms with E-state index in [0.29, 0.717) is 12.1 Å². The molecule has 0 saturated carbocycles. The first-order valence-electron chi connectivity index (χ1n) is 5.17. The quantitative estimate of drug-likeness (QED) is 0.718. The third kappa shape index (κ3) is 2.59. The van der Waals surface area contributed by atoms with Crippen LogP contribution in [0.3, 0.4) is 0 Å². The van der Waals surface area contributed by atoms with Crippen molar-refractivity contribution in [3.63, 3.8) is 0 Å². The zero-order valence-electron chi connectivity index (χ0n) is 10.2. The number of halogens is 8. The molecule has 0 aliphatic heterocycles. The monoisotopic (exact) mass is 367 g/mol. The molecular formula is C11H9BrF7N. The number of hydrogen-bond donors (Lipinski definition) is 1. The SMILES string of the molecule is CNc1c(C)cc(C(F)(C(F)(F)F)C(F)(F)F)cc1Br. The predicted octanol–water partition coefficient (Wildman–Crippen LogP) is 5.09. The molecule has 0 aliphatic rings. The van der Waals surface area contributed by atoms with Crippen molar-refractivity contribution >= 4 is 21.6 Å². The average Bonchev–Trinajstić information content (AvgIpc) is 2.24. The van der Waals surface area contributed by atoms with Crippen LogP contribution in [0.1, 0.15) is 11.1 Å². The highest BCUT2D eigenvalue weighted by Crippen LogP contribution is 2.54. The number of anilines is 1. The van der Waals surface area contributed by atoms with Gasteiger partial charge < -0.3 is 5.32 Å². The summed E-state index contributed by atoms with van der Waals surface area (Å²) in [5, 5.41) is 2.59. The van der Waals surface area contributed by atoms with Crippen molar-refractivity contribution < 1.29 is 30.7 Å². The lowest BCUT2D eigenvalue weighted by Gasteiger charge is -2.31. The molecule has 0 unspecified atom stereocenters. The fourth-order valence-corrected chi connectivity index (χ4v) is 2.51. The second-order valence-corrected chi connectivity index (χ2v) is 4.91. The molecule has 0 aliphatic carbocycles. The number of hydrogen-bond acceptors (Lipinski definition) is 1. The highest BCUT2D eigenvalue weighted by Gasteiger charge is 2.73. The molecule has 0 amide bonds. The van der Waals surface area contributed by atoms with Crippen molar-refractivity contribution in [3.8, 4) is 0 Å². The van der Waals surface area contributed by atoms with E-state index in [1.165, 1.54) is 14.0 Å². The minimum absolute atomic E-state index is 0.0485. The Kier molecular flexibility index (Phi) is 4.34. The summed E-state index contributed by atoms with van der Waals surface area (Å²) < 4.78 is 89.4. The Balaban J connectivity index is 3.61. The van der Waals surface area contributed by atoms with Gasteiger partial charge in [0.2, 0.25) is 0 Å². The Hall–Kier alpha value is -0.990. The van der Waals surface area contributed by atoms with Gasteiger partial charge in [0, 0.05) is 17.1 Å². The van der Waals surface area contributed by atoms with Gasteiger partial charge in [0.05, 0.1) is 5.69 Å². The Morgan fingerprint density at radius 1 is 0.950 bits per heavy atom. The molecule has 0 radical (unpaired) electrons.